The van der Waals surface area contributed by atoms with Crippen molar-refractivity contribution in [3.8, 4) is 0 Å². The first-order valence-corrected chi connectivity index (χ1v) is 5.46. The van der Waals surface area contributed by atoms with Gasteiger partial charge in [-0.15, -0.1) is 0 Å². The lowest BCUT2D eigenvalue weighted by Gasteiger charge is -2.12. The standard InChI is InChI=1S/C11H18N4O2/c1-8-7-9(10(17)12-5-4-6-16)14-11(13-8)15(2)3/h7,16H,4-6H2,1-3H3,(H,12,17). The molecule has 6 heteroatoms. The number of anilines is 1. The fourth-order valence-corrected chi connectivity index (χ4v) is 1.24. The van der Waals surface area contributed by atoms with Crippen molar-refractivity contribution in [3.63, 3.8) is 0 Å². The van der Waals surface area contributed by atoms with E-state index in [0.29, 0.717) is 24.6 Å². The first-order valence-electron chi connectivity index (χ1n) is 5.46. The smallest absolute Gasteiger partial charge is 0.270 e. The van der Waals surface area contributed by atoms with Gasteiger partial charge in [-0.3, -0.25) is 4.79 Å². The molecule has 1 heterocycles. The van der Waals surface area contributed by atoms with Crippen molar-refractivity contribution in [2.45, 2.75) is 13.3 Å². The molecule has 0 spiro atoms. The van der Waals surface area contributed by atoms with Crippen molar-refractivity contribution < 1.29 is 9.90 Å². The molecule has 1 rings (SSSR count). The van der Waals surface area contributed by atoms with Crippen LogP contribution >= 0.6 is 0 Å². The fraction of sp³-hybridized carbons (Fsp3) is 0.545. The number of aliphatic hydroxyl groups excluding tert-OH is 1. The van der Waals surface area contributed by atoms with Gasteiger partial charge >= 0.3 is 0 Å². The second-order valence-corrected chi connectivity index (χ2v) is 3.92. The number of aryl methyl sites for hydroxylation is 1. The molecule has 0 aliphatic carbocycles. The van der Waals surface area contributed by atoms with Crippen molar-refractivity contribution in [2.24, 2.45) is 0 Å². The molecule has 94 valence electrons. The molecule has 0 bridgehead atoms. The third-order valence-electron chi connectivity index (χ3n) is 2.10. The molecule has 0 saturated carbocycles. The summed E-state index contributed by atoms with van der Waals surface area (Å²) in [6.45, 7) is 2.32. The normalized spacial score (nSPS) is 10.1. The minimum Gasteiger partial charge on any atom is -0.396 e. The van der Waals surface area contributed by atoms with E-state index in [1.807, 2.05) is 21.0 Å². The van der Waals surface area contributed by atoms with Gasteiger partial charge in [0, 0.05) is 32.9 Å². The van der Waals surface area contributed by atoms with Gasteiger partial charge in [-0.2, -0.15) is 0 Å². The molecule has 2 N–H and O–H groups in total. The Morgan fingerprint density at radius 1 is 1.47 bits per heavy atom. The zero-order valence-electron chi connectivity index (χ0n) is 10.4. The third-order valence-corrected chi connectivity index (χ3v) is 2.10. The zero-order valence-corrected chi connectivity index (χ0v) is 10.4. The Hall–Kier alpha value is -1.69. The lowest BCUT2D eigenvalue weighted by molar-refractivity contribution is 0.0946. The van der Waals surface area contributed by atoms with Crippen LogP contribution in [0.2, 0.25) is 0 Å². The number of carbonyl (C=O) groups excluding carboxylic acids is 1. The number of nitrogens with one attached hydrogen (secondary N) is 1. The van der Waals surface area contributed by atoms with E-state index in [-0.39, 0.29) is 12.5 Å². The van der Waals surface area contributed by atoms with Crippen LogP contribution in [0.25, 0.3) is 0 Å². The van der Waals surface area contributed by atoms with Gasteiger partial charge < -0.3 is 15.3 Å². The van der Waals surface area contributed by atoms with Crippen LogP contribution < -0.4 is 10.2 Å². The summed E-state index contributed by atoms with van der Waals surface area (Å²) in [5, 5.41) is 11.3. The highest BCUT2D eigenvalue weighted by Gasteiger charge is 2.10. The van der Waals surface area contributed by atoms with Crippen LogP contribution in [0.5, 0.6) is 0 Å². The third kappa shape index (κ3) is 3.99. The van der Waals surface area contributed by atoms with E-state index in [9.17, 15) is 4.79 Å². The number of hydrogen-bond acceptors (Lipinski definition) is 5. The molecule has 17 heavy (non-hydrogen) atoms. The van der Waals surface area contributed by atoms with E-state index in [0.717, 1.165) is 5.69 Å². The number of nitrogens with zero attached hydrogens (tertiary/aromatic N) is 3. The predicted molar refractivity (Wildman–Crippen MR) is 65.1 cm³/mol. The molecule has 1 aromatic rings. The molecular formula is C11H18N4O2. The van der Waals surface area contributed by atoms with Crippen molar-refractivity contribution in [3.05, 3.63) is 17.5 Å². The van der Waals surface area contributed by atoms with E-state index < -0.39 is 0 Å². The van der Waals surface area contributed by atoms with Crippen LogP contribution in [0.4, 0.5) is 5.95 Å². The van der Waals surface area contributed by atoms with Crippen LogP contribution in [0.3, 0.4) is 0 Å². The minimum atomic E-state index is -0.243. The molecule has 6 nitrogen and oxygen atoms in total. The SMILES string of the molecule is Cc1cc(C(=O)NCCCO)nc(N(C)C)n1. The Balaban J connectivity index is 2.79. The quantitative estimate of drug-likeness (QED) is 0.704. The maximum atomic E-state index is 11.7. The molecule has 1 amide bonds. The average molecular weight is 238 g/mol. The summed E-state index contributed by atoms with van der Waals surface area (Å²) in [6.07, 6.45) is 0.538. The van der Waals surface area contributed by atoms with Gasteiger partial charge in [0.2, 0.25) is 5.95 Å². The summed E-state index contributed by atoms with van der Waals surface area (Å²) in [7, 11) is 3.64. The van der Waals surface area contributed by atoms with E-state index >= 15 is 0 Å². The lowest BCUT2D eigenvalue weighted by atomic mass is 10.3. The first kappa shape index (κ1) is 13.4. The highest BCUT2D eigenvalue weighted by Crippen LogP contribution is 2.07. The summed E-state index contributed by atoms with van der Waals surface area (Å²) in [5.74, 6) is 0.268. The molecule has 0 aromatic carbocycles. The molecule has 0 aliphatic heterocycles. The van der Waals surface area contributed by atoms with Gasteiger partial charge in [-0.1, -0.05) is 0 Å². The molecular weight excluding hydrogens is 220 g/mol. The maximum Gasteiger partial charge on any atom is 0.270 e. The summed E-state index contributed by atoms with van der Waals surface area (Å²) in [5.41, 5.74) is 1.09. The maximum absolute atomic E-state index is 11.7. The lowest BCUT2D eigenvalue weighted by Crippen LogP contribution is -2.27. The molecule has 0 unspecified atom stereocenters. The number of aliphatic hydroxyl groups is 1. The van der Waals surface area contributed by atoms with E-state index in [2.05, 4.69) is 15.3 Å². The number of hydrogen-bond donors (Lipinski definition) is 2. The number of carbonyl (C=O) groups is 1. The summed E-state index contributed by atoms with van der Waals surface area (Å²) >= 11 is 0. The molecule has 0 atom stereocenters. The van der Waals surface area contributed by atoms with Crippen LogP contribution in [0.1, 0.15) is 22.6 Å². The first-order chi connectivity index (χ1) is 8.04. The van der Waals surface area contributed by atoms with Crippen LogP contribution in [0.15, 0.2) is 6.07 Å². The second-order valence-electron chi connectivity index (χ2n) is 3.92. The molecule has 0 aliphatic rings. The van der Waals surface area contributed by atoms with E-state index in [1.54, 1.807) is 11.0 Å². The highest BCUT2D eigenvalue weighted by atomic mass is 16.3. The summed E-state index contributed by atoms with van der Waals surface area (Å²) in [6, 6.07) is 1.64. The van der Waals surface area contributed by atoms with E-state index in [1.165, 1.54) is 0 Å². The molecule has 0 saturated heterocycles. The van der Waals surface area contributed by atoms with Crippen molar-refractivity contribution in [2.75, 3.05) is 32.1 Å². The predicted octanol–water partition coefficient (Wildman–Crippen LogP) is -0.0368. The Morgan fingerprint density at radius 2 is 2.18 bits per heavy atom. The average Bonchev–Trinajstić information content (AvgIpc) is 2.28. The van der Waals surface area contributed by atoms with Crippen molar-refractivity contribution in [1.82, 2.24) is 15.3 Å². The highest BCUT2D eigenvalue weighted by molar-refractivity contribution is 5.92. The summed E-state index contributed by atoms with van der Waals surface area (Å²) < 4.78 is 0. The van der Waals surface area contributed by atoms with Gasteiger partial charge in [0.1, 0.15) is 5.69 Å². The molecule has 1 aromatic heterocycles. The van der Waals surface area contributed by atoms with Crippen LogP contribution in [-0.2, 0) is 0 Å². The minimum absolute atomic E-state index is 0.0615. The van der Waals surface area contributed by atoms with Gasteiger partial charge in [0.15, 0.2) is 0 Å². The Labute approximate surface area is 101 Å². The van der Waals surface area contributed by atoms with Gasteiger partial charge in [0.05, 0.1) is 0 Å². The summed E-state index contributed by atoms with van der Waals surface area (Å²) in [4.78, 5) is 21.9. The monoisotopic (exact) mass is 238 g/mol. The van der Waals surface area contributed by atoms with Gasteiger partial charge in [-0.25, -0.2) is 9.97 Å². The Kier molecular flexibility index (Phi) is 4.84. The van der Waals surface area contributed by atoms with Crippen LogP contribution in [0, 0.1) is 6.92 Å². The largest absolute Gasteiger partial charge is 0.396 e. The second kappa shape index (κ2) is 6.15. The van der Waals surface area contributed by atoms with Crippen molar-refractivity contribution in [1.29, 1.82) is 0 Å². The van der Waals surface area contributed by atoms with E-state index in [4.69, 9.17) is 5.11 Å². The number of aromatic nitrogens is 2. The fourth-order valence-electron chi connectivity index (χ4n) is 1.24. The number of amides is 1. The van der Waals surface area contributed by atoms with Crippen molar-refractivity contribution >= 4 is 11.9 Å². The number of rotatable bonds is 5. The molecule has 0 radical (unpaired) electrons. The van der Waals surface area contributed by atoms with Gasteiger partial charge in [0.25, 0.3) is 5.91 Å². The molecule has 0 fully saturated rings. The van der Waals surface area contributed by atoms with Gasteiger partial charge in [-0.05, 0) is 19.4 Å². The van der Waals surface area contributed by atoms with Crippen LogP contribution in [-0.4, -0.2) is 48.2 Å². The zero-order chi connectivity index (χ0) is 12.8. The Morgan fingerprint density at radius 3 is 2.76 bits per heavy atom. The Bertz CT molecular complexity index is 393. The topological polar surface area (TPSA) is 78.3 Å².